The van der Waals surface area contributed by atoms with Crippen molar-refractivity contribution in [3.8, 4) is 0 Å². The van der Waals surface area contributed by atoms with Gasteiger partial charge in [0.2, 0.25) is 0 Å². The Labute approximate surface area is 113 Å². The van der Waals surface area contributed by atoms with Crippen molar-refractivity contribution in [1.82, 2.24) is 9.80 Å². The Morgan fingerprint density at radius 3 is 2.42 bits per heavy atom. The lowest BCUT2D eigenvalue weighted by Gasteiger charge is -2.40. The first-order chi connectivity index (χ1) is 9.06. The van der Waals surface area contributed by atoms with E-state index in [1.54, 1.807) is 0 Å². The van der Waals surface area contributed by atoms with Gasteiger partial charge in [0, 0.05) is 25.2 Å². The number of amides is 2. The molecule has 1 saturated carbocycles. The van der Waals surface area contributed by atoms with E-state index in [-0.39, 0.29) is 18.0 Å². The maximum absolute atomic E-state index is 12.6. The molecule has 0 aromatic heterocycles. The summed E-state index contributed by atoms with van der Waals surface area (Å²) in [5.41, 5.74) is 0. The highest BCUT2D eigenvalue weighted by Gasteiger charge is 2.43. The van der Waals surface area contributed by atoms with Gasteiger partial charge < -0.3 is 14.9 Å². The summed E-state index contributed by atoms with van der Waals surface area (Å²) in [6, 6.07) is 0.631. The average Bonchev–Trinajstić information content (AvgIpc) is 3.00. The minimum absolute atomic E-state index is 0.0430. The molecule has 1 N–H and O–H groups in total. The molecule has 106 valence electrons. The minimum Gasteiger partial charge on any atom is -0.481 e. The van der Waals surface area contributed by atoms with Gasteiger partial charge in [0.25, 0.3) is 0 Å². The molecule has 0 radical (unpaired) electrons. The van der Waals surface area contributed by atoms with Crippen LogP contribution in [0, 0.1) is 11.8 Å². The number of carbonyl (C=O) groups excluding carboxylic acids is 1. The third-order valence-corrected chi connectivity index (χ3v) is 5.13. The average molecular weight is 266 g/mol. The summed E-state index contributed by atoms with van der Waals surface area (Å²) < 4.78 is 0. The summed E-state index contributed by atoms with van der Waals surface area (Å²) in [5.74, 6) is -0.297. The number of carbonyl (C=O) groups is 2. The molecule has 19 heavy (non-hydrogen) atoms. The zero-order chi connectivity index (χ0) is 13.6. The summed E-state index contributed by atoms with van der Waals surface area (Å²) in [5, 5.41) is 9.06. The van der Waals surface area contributed by atoms with Crippen molar-refractivity contribution in [2.75, 3.05) is 13.1 Å². The summed E-state index contributed by atoms with van der Waals surface area (Å²) >= 11 is 0. The molecule has 3 aliphatic rings. The first-order valence-corrected chi connectivity index (χ1v) is 7.36. The standard InChI is InChI=1S/C14H22N2O3/c1-9-6-11(13(17)18)4-5-15(9)14(19)16-8-10-2-3-12(16)7-10/h9-12H,2-8H2,1H3,(H,17,18). The number of urea groups is 1. The Hall–Kier alpha value is -1.26. The van der Waals surface area contributed by atoms with Gasteiger partial charge in [0.1, 0.15) is 0 Å². The second-order valence-electron chi connectivity index (χ2n) is 6.37. The number of aliphatic carboxylic acids is 1. The van der Waals surface area contributed by atoms with Gasteiger partial charge in [-0.3, -0.25) is 4.79 Å². The SMILES string of the molecule is CC1CC(C(=O)O)CCN1C(=O)N1CC2CCC1C2. The third-order valence-electron chi connectivity index (χ3n) is 5.13. The number of hydrogen-bond acceptors (Lipinski definition) is 2. The molecule has 5 nitrogen and oxygen atoms in total. The van der Waals surface area contributed by atoms with E-state index in [1.807, 2.05) is 16.7 Å². The molecule has 3 rings (SSSR count). The molecule has 0 spiro atoms. The van der Waals surface area contributed by atoms with Crippen molar-refractivity contribution in [2.45, 2.75) is 51.1 Å². The topological polar surface area (TPSA) is 60.9 Å². The molecule has 2 heterocycles. The fourth-order valence-electron chi connectivity index (χ4n) is 4.00. The molecular formula is C14H22N2O3. The van der Waals surface area contributed by atoms with Crippen LogP contribution in [0.4, 0.5) is 4.79 Å². The zero-order valence-electron chi connectivity index (χ0n) is 11.4. The number of hydrogen-bond donors (Lipinski definition) is 1. The second kappa shape index (κ2) is 4.69. The fourth-order valence-corrected chi connectivity index (χ4v) is 4.00. The van der Waals surface area contributed by atoms with Crippen LogP contribution in [-0.2, 0) is 4.79 Å². The molecule has 2 aliphatic heterocycles. The molecule has 4 atom stereocenters. The van der Waals surface area contributed by atoms with Crippen LogP contribution in [-0.4, -0.2) is 52.1 Å². The minimum atomic E-state index is -0.723. The van der Waals surface area contributed by atoms with E-state index < -0.39 is 5.97 Å². The Balaban J connectivity index is 1.63. The van der Waals surface area contributed by atoms with Crippen LogP contribution in [0.1, 0.15) is 39.0 Å². The highest BCUT2D eigenvalue weighted by molar-refractivity contribution is 5.76. The molecule has 2 bridgehead atoms. The normalized spacial score (nSPS) is 37.7. The maximum atomic E-state index is 12.6. The van der Waals surface area contributed by atoms with E-state index in [0.29, 0.717) is 31.3 Å². The van der Waals surface area contributed by atoms with E-state index >= 15 is 0 Å². The van der Waals surface area contributed by atoms with Gasteiger partial charge in [-0.25, -0.2) is 4.79 Å². The highest BCUT2D eigenvalue weighted by atomic mass is 16.4. The quantitative estimate of drug-likeness (QED) is 0.787. The smallest absolute Gasteiger partial charge is 0.320 e. The van der Waals surface area contributed by atoms with Crippen LogP contribution in [0.3, 0.4) is 0 Å². The van der Waals surface area contributed by atoms with E-state index in [2.05, 4.69) is 0 Å². The lowest BCUT2D eigenvalue weighted by molar-refractivity contribution is -0.143. The van der Waals surface area contributed by atoms with Gasteiger partial charge in [-0.2, -0.15) is 0 Å². The Morgan fingerprint density at radius 1 is 1.11 bits per heavy atom. The molecular weight excluding hydrogens is 244 g/mol. The molecule has 2 amide bonds. The first kappa shape index (κ1) is 12.8. The monoisotopic (exact) mass is 266 g/mol. The zero-order valence-corrected chi connectivity index (χ0v) is 11.4. The van der Waals surface area contributed by atoms with Crippen LogP contribution in [0.5, 0.6) is 0 Å². The summed E-state index contributed by atoms with van der Waals surface area (Å²) in [4.78, 5) is 27.5. The summed E-state index contributed by atoms with van der Waals surface area (Å²) in [6.45, 7) is 3.47. The van der Waals surface area contributed by atoms with Crippen LogP contribution in [0.15, 0.2) is 0 Å². The molecule has 0 aromatic carbocycles. The second-order valence-corrected chi connectivity index (χ2v) is 6.37. The molecule has 3 fully saturated rings. The van der Waals surface area contributed by atoms with Gasteiger partial charge in [-0.1, -0.05) is 0 Å². The van der Waals surface area contributed by atoms with Gasteiger partial charge in [-0.15, -0.1) is 0 Å². The third kappa shape index (κ3) is 2.19. The van der Waals surface area contributed by atoms with Crippen molar-refractivity contribution in [3.63, 3.8) is 0 Å². The number of nitrogens with zero attached hydrogens (tertiary/aromatic N) is 2. The summed E-state index contributed by atoms with van der Waals surface area (Å²) in [6.07, 6.45) is 4.77. The lowest BCUT2D eigenvalue weighted by Crippen LogP contribution is -2.53. The molecule has 1 aliphatic carbocycles. The molecule has 2 saturated heterocycles. The van der Waals surface area contributed by atoms with E-state index in [9.17, 15) is 9.59 Å². The Kier molecular flexibility index (Phi) is 3.15. The van der Waals surface area contributed by atoms with Crippen molar-refractivity contribution < 1.29 is 14.7 Å². The maximum Gasteiger partial charge on any atom is 0.320 e. The number of fused-ring (bicyclic) bond motifs is 2. The van der Waals surface area contributed by atoms with E-state index in [0.717, 1.165) is 13.0 Å². The van der Waals surface area contributed by atoms with Crippen LogP contribution in [0.2, 0.25) is 0 Å². The van der Waals surface area contributed by atoms with Crippen LogP contribution in [0.25, 0.3) is 0 Å². The van der Waals surface area contributed by atoms with E-state index in [4.69, 9.17) is 5.11 Å². The van der Waals surface area contributed by atoms with Crippen molar-refractivity contribution >= 4 is 12.0 Å². The summed E-state index contributed by atoms with van der Waals surface area (Å²) in [7, 11) is 0. The van der Waals surface area contributed by atoms with Gasteiger partial charge in [0.15, 0.2) is 0 Å². The Bertz CT molecular complexity index is 398. The predicted octanol–water partition coefficient (Wildman–Crippen LogP) is 1.78. The number of carboxylic acid groups (broad SMARTS) is 1. The van der Waals surface area contributed by atoms with Crippen molar-refractivity contribution in [2.24, 2.45) is 11.8 Å². The molecule has 4 unspecified atom stereocenters. The number of carboxylic acids is 1. The van der Waals surface area contributed by atoms with Gasteiger partial charge >= 0.3 is 12.0 Å². The number of likely N-dealkylation sites (tertiary alicyclic amines) is 2. The molecule has 5 heteroatoms. The predicted molar refractivity (Wildman–Crippen MR) is 69.8 cm³/mol. The van der Waals surface area contributed by atoms with Crippen LogP contribution >= 0.6 is 0 Å². The van der Waals surface area contributed by atoms with Gasteiger partial charge in [-0.05, 0) is 44.9 Å². The van der Waals surface area contributed by atoms with Crippen molar-refractivity contribution in [1.29, 1.82) is 0 Å². The van der Waals surface area contributed by atoms with Crippen molar-refractivity contribution in [3.05, 3.63) is 0 Å². The van der Waals surface area contributed by atoms with E-state index in [1.165, 1.54) is 12.8 Å². The Morgan fingerprint density at radius 2 is 1.89 bits per heavy atom. The number of rotatable bonds is 1. The largest absolute Gasteiger partial charge is 0.481 e. The van der Waals surface area contributed by atoms with Crippen LogP contribution < -0.4 is 0 Å². The highest BCUT2D eigenvalue weighted by Crippen LogP contribution is 2.38. The molecule has 0 aromatic rings. The first-order valence-electron chi connectivity index (χ1n) is 7.36. The number of piperidine rings is 2. The fraction of sp³-hybridized carbons (Fsp3) is 0.857. The lowest BCUT2D eigenvalue weighted by atomic mass is 9.92. The van der Waals surface area contributed by atoms with Gasteiger partial charge in [0.05, 0.1) is 5.92 Å².